The Morgan fingerprint density at radius 3 is 2.03 bits per heavy atom. The highest BCUT2D eigenvalue weighted by atomic mass is 35.5. The summed E-state index contributed by atoms with van der Waals surface area (Å²) in [5.74, 6) is 0.466. The number of aryl methyl sites for hydroxylation is 2. The number of hydrogen-bond acceptors (Lipinski definition) is 14. The lowest BCUT2D eigenvalue weighted by molar-refractivity contribution is -0.145. The molecule has 376 valence electrons. The molecule has 2 atom stereocenters. The van der Waals surface area contributed by atoms with Crippen molar-refractivity contribution in [2.45, 2.75) is 58.5 Å². The zero-order valence-corrected chi connectivity index (χ0v) is 41.2. The van der Waals surface area contributed by atoms with Gasteiger partial charge in [0, 0.05) is 54.3 Å². The van der Waals surface area contributed by atoms with E-state index in [-0.39, 0.29) is 35.9 Å². The van der Waals surface area contributed by atoms with E-state index in [1.54, 1.807) is 80.8 Å². The summed E-state index contributed by atoms with van der Waals surface area (Å²) in [5, 5.41) is 20.7. The summed E-state index contributed by atoms with van der Waals surface area (Å²) in [6, 6.07) is 29.9. The molecule has 2 N–H and O–H groups in total. The molecular formula is C54H50ClF3N8O7. The highest BCUT2D eigenvalue weighted by molar-refractivity contribution is 6.33. The van der Waals surface area contributed by atoms with E-state index in [1.165, 1.54) is 24.8 Å². The maximum absolute atomic E-state index is 13.4. The van der Waals surface area contributed by atoms with Crippen molar-refractivity contribution in [3.05, 3.63) is 148 Å². The van der Waals surface area contributed by atoms with Crippen molar-refractivity contribution in [3.8, 4) is 67.9 Å². The molecule has 0 unspecified atom stereocenters. The number of esters is 1. The van der Waals surface area contributed by atoms with E-state index >= 15 is 0 Å². The third-order valence-electron chi connectivity index (χ3n) is 12.3. The van der Waals surface area contributed by atoms with Crippen molar-refractivity contribution in [1.82, 2.24) is 35.1 Å². The SMILES string of the molecule is COCc1cc(-c2nc(-c3cnc(N[C@H]4CCC[C@H]4C(=O)OC)c(Cl)c3)no2)ccc1-c1ccccc1C.Cc1cc(-c2nc(-c3ccc(CN(C)CC(=O)O)nc3)no2)ccc1-c1ccccc1C(F)(F)F. The molecule has 1 saturated carbocycles. The average molecular weight is 1020 g/mol. The first-order chi connectivity index (χ1) is 35.1. The Morgan fingerprint density at radius 2 is 1.40 bits per heavy atom. The predicted octanol–water partition coefficient (Wildman–Crippen LogP) is 11.6. The third kappa shape index (κ3) is 12.3. The van der Waals surface area contributed by atoms with Crippen LogP contribution in [0, 0.1) is 19.8 Å². The molecule has 73 heavy (non-hydrogen) atoms. The smallest absolute Gasteiger partial charge is 0.417 e. The standard InChI is InChI=1S/C29H29ClN4O4.C25H21F3N4O3/c1-17-7-4-5-8-21(17)22-12-11-18(13-20(22)16-36-2)28-33-26(34-38-28)19-14-24(30)27(31-15-19)32-25-10-6-9-23(25)29(35)37-3;1-15-11-16(8-10-19(15)20-5-3-4-6-21(20)25(26,27)28)24-30-23(31-35-24)17-7-9-18(29-12-17)13-32(2)14-22(33)34/h4-5,7-8,11-15,23,25H,6,9-10,16H2,1-3H3,(H,31,32);3-12H,13-14H2,1-2H3,(H,33,34)/t23-,25+;/m1./s1. The number of carbonyl (C=O) groups is 2. The number of alkyl halides is 3. The molecule has 1 fully saturated rings. The number of anilines is 1. The quantitative estimate of drug-likeness (QED) is 0.0921. The molecular weight excluding hydrogens is 965 g/mol. The second-order valence-corrected chi connectivity index (χ2v) is 17.9. The van der Waals surface area contributed by atoms with Crippen LogP contribution in [0.3, 0.4) is 0 Å². The van der Waals surface area contributed by atoms with Gasteiger partial charge in [-0.25, -0.2) is 4.98 Å². The molecule has 0 aliphatic heterocycles. The van der Waals surface area contributed by atoms with Gasteiger partial charge in [0.25, 0.3) is 11.8 Å². The van der Waals surface area contributed by atoms with E-state index in [0.29, 0.717) is 75.0 Å². The summed E-state index contributed by atoms with van der Waals surface area (Å²) in [6.07, 6.45) is 1.32. The maximum Gasteiger partial charge on any atom is 0.417 e. The number of pyridine rings is 2. The molecule has 15 nitrogen and oxygen atoms in total. The Balaban J connectivity index is 0.000000196. The Morgan fingerprint density at radius 1 is 0.767 bits per heavy atom. The molecule has 8 aromatic rings. The maximum atomic E-state index is 13.4. The highest BCUT2D eigenvalue weighted by Gasteiger charge is 2.35. The number of hydrogen-bond donors (Lipinski definition) is 2. The molecule has 1 aliphatic carbocycles. The summed E-state index contributed by atoms with van der Waals surface area (Å²) in [5.41, 5.74) is 8.27. The lowest BCUT2D eigenvalue weighted by atomic mass is 9.94. The van der Waals surface area contributed by atoms with Gasteiger partial charge in [0.2, 0.25) is 11.6 Å². The summed E-state index contributed by atoms with van der Waals surface area (Å²) < 4.78 is 61.7. The largest absolute Gasteiger partial charge is 0.480 e. The van der Waals surface area contributed by atoms with Gasteiger partial charge in [0.05, 0.1) is 42.5 Å². The first-order valence-electron chi connectivity index (χ1n) is 23.1. The van der Waals surface area contributed by atoms with E-state index in [2.05, 4.69) is 60.7 Å². The Bertz CT molecular complexity index is 3240. The molecule has 4 aromatic carbocycles. The monoisotopic (exact) mass is 1010 g/mol. The van der Waals surface area contributed by atoms with E-state index in [9.17, 15) is 22.8 Å². The number of nitrogens with one attached hydrogen (secondary N) is 1. The number of carbonyl (C=O) groups excluding carboxylic acids is 1. The first-order valence-corrected chi connectivity index (χ1v) is 23.5. The normalized spacial score (nSPS) is 14.4. The predicted molar refractivity (Wildman–Crippen MR) is 268 cm³/mol. The second kappa shape index (κ2) is 22.7. The fourth-order valence-electron chi connectivity index (χ4n) is 8.74. The van der Waals surface area contributed by atoms with Crippen LogP contribution in [0.25, 0.3) is 67.9 Å². The molecule has 1 aliphatic rings. The number of rotatable bonds is 15. The zero-order chi connectivity index (χ0) is 51.8. The molecule has 9 rings (SSSR count). The number of carboxylic acids is 1. The van der Waals surface area contributed by atoms with E-state index in [1.807, 2.05) is 24.3 Å². The van der Waals surface area contributed by atoms with E-state index < -0.39 is 17.7 Å². The number of nitrogens with zero attached hydrogens (tertiary/aromatic N) is 7. The molecule has 0 amide bonds. The Labute approximate surface area is 423 Å². The molecule has 19 heteroatoms. The number of aliphatic carboxylic acids is 1. The number of carboxylic acid groups (broad SMARTS) is 1. The van der Waals surface area contributed by atoms with Crippen LogP contribution in [0.15, 0.2) is 125 Å². The number of likely N-dealkylation sites (N-methyl/N-ethyl adjacent to an activating group) is 1. The van der Waals surface area contributed by atoms with Gasteiger partial charge >= 0.3 is 18.1 Å². The molecule has 0 bridgehead atoms. The fourth-order valence-corrected chi connectivity index (χ4v) is 8.96. The van der Waals surface area contributed by atoms with Gasteiger partial charge in [-0.2, -0.15) is 23.1 Å². The average Bonchev–Trinajstić information content (AvgIpc) is 4.18. The highest BCUT2D eigenvalue weighted by Crippen LogP contribution is 2.39. The number of aromatic nitrogens is 6. The van der Waals surface area contributed by atoms with Gasteiger partial charge in [-0.3, -0.25) is 19.5 Å². The van der Waals surface area contributed by atoms with Crippen molar-refractivity contribution in [2.75, 3.05) is 33.1 Å². The van der Waals surface area contributed by atoms with E-state index in [4.69, 9.17) is 35.2 Å². The van der Waals surface area contributed by atoms with Crippen LogP contribution >= 0.6 is 11.6 Å². The minimum Gasteiger partial charge on any atom is -0.480 e. The van der Waals surface area contributed by atoms with E-state index in [0.717, 1.165) is 47.6 Å². The fraction of sp³-hybridized carbons (Fsp3) is 0.259. The van der Waals surface area contributed by atoms with Crippen molar-refractivity contribution >= 4 is 29.4 Å². The van der Waals surface area contributed by atoms with Gasteiger partial charge in [0.15, 0.2) is 0 Å². The summed E-state index contributed by atoms with van der Waals surface area (Å²) in [7, 11) is 4.77. The number of ether oxygens (including phenoxy) is 2. The molecule has 4 heterocycles. The number of benzene rings is 4. The van der Waals surface area contributed by atoms with Crippen LogP contribution in [0.2, 0.25) is 5.02 Å². The molecule has 0 spiro atoms. The second-order valence-electron chi connectivity index (χ2n) is 17.5. The third-order valence-corrected chi connectivity index (χ3v) is 12.6. The van der Waals surface area contributed by atoms with Gasteiger partial charge in [-0.1, -0.05) is 82.9 Å². The van der Waals surface area contributed by atoms with Gasteiger partial charge in [0.1, 0.15) is 5.82 Å². The minimum atomic E-state index is -4.46. The van der Waals surface area contributed by atoms with Gasteiger partial charge in [-0.15, -0.1) is 0 Å². The minimum absolute atomic E-state index is 0.0704. The summed E-state index contributed by atoms with van der Waals surface area (Å²) in [4.78, 5) is 42.3. The number of methoxy groups -OCH3 is 2. The number of halogens is 4. The van der Waals surface area contributed by atoms with Crippen LogP contribution < -0.4 is 5.32 Å². The molecule has 4 aromatic heterocycles. The van der Waals surface area contributed by atoms with Crippen LogP contribution in [0.5, 0.6) is 0 Å². The van der Waals surface area contributed by atoms with Crippen LogP contribution in [0.4, 0.5) is 19.0 Å². The van der Waals surface area contributed by atoms with Crippen LogP contribution in [0.1, 0.15) is 47.2 Å². The topological polar surface area (TPSA) is 192 Å². The van der Waals surface area contributed by atoms with Gasteiger partial charge in [-0.05, 0) is 121 Å². The van der Waals surface area contributed by atoms with Crippen LogP contribution in [-0.2, 0) is 38.4 Å². The summed E-state index contributed by atoms with van der Waals surface area (Å²) >= 11 is 6.55. The Kier molecular flexibility index (Phi) is 16.1. The van der Waals surface area contributed by atoms with Gasteiger partial charge < -0.3 is 28.9 Å². The first kappa shape index (κ1) is 51.6. The summed E-state index contributed by atoms with van der Waals surface area (Å²) in [6.45, 7) is 4.54. The van der Waals surface area contributed by atoms with Crippen molar-refractivity contribution in [3.63, 3.8) is 0 Å². The lowest BCUT2D eigenvalue weighted by Crippen LogP contribution is -2.31. The van der Waals surface area contributed by atoms with Crippen molar-refractivity contribution < 1.29 is 46.4 Å². The Hall–Kier alpha value is -7.80. The molecule has 0 radical (unpaired) electrons. The van der Waals surface area contributed by atoms with Crippen molar-refractivity contribution in [1.29, 1.82) is 0 Å². The van der Waals surface area contributed by atoms with Crippen LogP contribution in [-0.4, -0.2) is 86.0 Å². The zero-order valence-electron chi connectivity index (χ0n) is 40.4. The molecule has 0 saturated heterocycles. The van der Waals surface area contributed by atoms with Crippen molar-refractivity contribution in [2.24, 2.45) is 5.92 Å². The lowest BCUT2D eigenvalue weighted by Gasteiger charge is -2.20.